The molecule has 224 valence electrons. The van der Waals surface area contributed by atoms with E-state index in [0.717, 1.165) is 30.4 Å². The second-order valence-electron chi connectivity index (χ2n) is 11.7. The van der Waals surface area contributed by atoms with Crippen molar-refractivity contribution in [1.82, 2.24) is 19.8 Å². The molecule has 0 unspecified atom stereocenters. The molecule has 0 atom stereocenters. The van der Waals surface area contributed by atoms with Gasteiger partial charge in [-0.05, 0) is 68.4 Å². The molecule has 2 aliphatic heterocycles. The monoisotopic (exact) mass is 607 g/mol. The van der Waals surface area contributed by atoms with Gasteiger partial charge in [0, 0.05) is 66.5 Å². The van der Waals surface area contributed by atoms with E-state index >= 15 is 0 Å². The summed E-state index contributed by atoms with van der Waals surface area (Å²) in [5.41, 5.74) is 2.82. The molecule has 6 rings (SSSR count). The number of pyridine rings is 2. The van der Waals surface area contributed by atoms with E-state index < -0.39 is 5.41 Å². The Bertz CT molecular complexity index is 1740. The predicted molar refractivity (Wildman–Crippen MR) is 169 cm³/mol. The van der Waals surface area contributed by atoms with E-state index in [4.69, 9.17) is 16.3 Å². The molecule has 2 saturated heterocycles. The lowest BCUT2D eigenvalue weighted by Gasteiger charge is -2.37. The Hall–Kier alpha value is -4.48. The van der Waals surface area contributed by atoms with Crippen molar-refractivity contribution in [3.63, 3.8) is 0 Å². The first-order chi connectivity index (χ1) is 21.4. The molecule has 2 aromatic carbocycles. The molecule has 0 spiro atoms. The van der Waals surface area contributed by atoms with Gasteiger partial charge in [-0.15, -0.1) is 0 Å². The number of fused-ring (bicyclic) bond motifs is 1. The number of carbonyl (C=O) groups is 2. The molecular weight excluding hydrogens is 574 g/mol. The molecule has 2 aromatic heterocycles. The van der Waals surface area contributed by atoms with Gasteiger partial charge >= 0.3 is 0 Å². The van der Waals surface area contributed by atoms with Crippen molar-refractivity contribution < 1.29 is 14.3 Å². The van der Waals surface area contributed by atoms with Crippen LogP contribution in [0, 0.1) is 18.3 Å². The smallest absolute Gasteiger partial charge is 0.254 e. The first-order valence-corrected chi connectivity index (χ1v) is 15.5. The molecule has 9 heteroatoms. The molecule has 2 amide bonds. The summed E-state index contributed by atoms with van der Waals surface area (Å²) in [6.07, 6.45) is 7.49. The number of hydrogen-bond donors (Lipinski definition) is 0. The Morgan fingerprint density at radius 3 is 2.36 bits per heavy atom. The average molecular weight is 608 g/mol. The first kappa shape index (κ1) is 29.6. The molecule has 0 N–H and O–H groups in total. The van der Waals surface area contributed by atoms with Crippen molar-refractivity contribution >= 4 is 34.2 Å². The van der Waals surface area contributed by atoms with Gasteiger partial charge in [0.25, 0.3) is 11.8 Å². The van der Waals surface area contributed by atoms with Crippen LogP contribution in [0.3, 0.4) is 0 Å². The van der Waals surface area contributed by atoms with Gasteiger partial charge in [0.05, 0.1) is 22.2 Å². The Morgan fingerprint density at radius 1 is 0.932 bits per heavy atom. The quantitative estimate of drug-likeness (QED) is 0.248. The molecule has 0 saturated carbocycles. The SMILES string of the molecule is Cc1cnc(COc2cc3c(C(=O)N4CCCCC4)cc(C(=O)N4CCC(C#N)(c5ccccc5)CC4)cc3cn2)c(Cl)c1. The number of ether oxygens (including phenoxy) is 1. The Morgan fingerprint density at radius 2 is 1.66 bits per heavy atom. The van der Waals surface area contributed by atoms with Crippen molar-refractivity contribution in [2.75, 3.05) is 26.2 Å². The summed E-state index contributed by atoms with van der Waals surface area (Å²) < 4.78 is 5.96. The van der Waals surface area contributed by atoms with Crippen molar-refractivity contribution in [3.8, 4) is 11.9 Å². The van der Waals surface area contributed by atoms with Gasteiger partial charge in [-0.2, -0.15) is 5.26 Å². The van der Waals surface area contributed by atoms with Crippen LogP contribution in [0.5, 0.6) is 5.88 Å². The van der Waals surface area contributed by atoms with Gasteiger partial charge in [-0.1, -0.05) is 41.9 Å². The average Bonchev–Trinajstić information content (AvgIpc) is 3.07. The number of aromatic nitrogens is 2. The van der Waals surface area contributed by atoms with Crippen LogP contribution < -0.4 is 4.74 Å². The number of amides is 2. The van der Waals surface area contributed by atoms with Crippen LogP contribution in [-0.4, -0.2) is 57.8 Å². The second kappa shape index (κ2) is 12.6. The van der Waals surface area contributed by atoms with Crippen LogP contribution in [0.1, 0.15) is 69.6 Å². The van der Waals surface area contributed by atoms with Gasteiger partial charge in [0.1, 0.15) is 6.61 Å². The van der Waals surface area contributed by atoms with Gasteiger partial charge in [-0.3, -0.25) is 14.6 Å². The van der Waals surface area contributed by atoms with Crippen LogP contribution in [0.4, 0.5) is 0 Å². The molecule has 2 aliphatic rings. The third-order valence-corrected chi connectivity index (χ3v) is 9.11. The summed E-state index contributed by atoms with van der Waals surface area (Å²) in [7, 11) is 0. The van der Waals surface area contributed by atoms with Crippen LogP contribution >= 0.6 is 11.6 Å². The maximum atomic E-state index is 13.9. The Balaban J connectivity index is 1.29. The summed E-state index contributed by atoms with van der Waals surface area (Å²) >= 11 is 6.34. The van der Waals surface area contributed by atoms with E-state index in [9.17, 15) is 14.9 Å². The van der Waals surface area contributed by atoms with E-state index in [2.05, 4.69) is 16.0 Å². The van der Waals surface area contributed by atoms with Crippen LogP contribution in [0.2, 0.25) is 5.02 Å². The van der Waals surface area contributed by atoms with Gasteiger partial charge in [0.2, 0.25) is 5.88 Å². The number of halogens is 1. The second-order valence-corrected chi connectivity index (χ2v) is 12.1. The zero-order valence-electron chi connectivity index (χ0n) is 24.8. The summed E-state index contributed by atoms with van der Waals surface area (Å²) in [4.78, 5) is 40.3. The van der Waals surface area contributed by atoms with Crippen molar-refractivity contribution in [1.29, 1.82) is 5.26 Å². The summed E-state index contributed by atoms with van der Waals surface area (Å²) in [6.45, 7) is 4.33. The zero-order chi connectivity index (χ0) is 30.7. The highest BCUT2D eigenvalue weighted by Crippen LogP contribution is 2.36. The van der Waals surface area contributed by atoms with E-state index in [1.165, 1.54) is 0 Å². The number of nitrogens with zero attached hydrogens (tertiary/aromatic N) is 5. The third kappa shape index (κ3) is 5.97. The molecular formula is C35H34ClN5O3. The van der Waals surface area contributed by atoms with E-state index in [1.54, 1.807) is 35.5 Å². The Labute approximate surface area is 262 Å². The largest absolute Gasteiger partial charge is 0.471 e. The zero-order valence-corrected chi connectivity index (χ0v) is 25.5. The fourth-order valence-corrected chi connectivity index (χ4v) is 6.47. The summed E-state index contributed by atoms with van der Waals surface area (Å²) in [5.74, 6) is 0.0862. The molecule has 0 bridgehead atoms. The number of likely N-dealkylation sites (tertiary alicyclic amines) is 2. The summed E-state index contributed by atoms with van der Waals surface area (Å²) in [5, 5.41) is 12.0. The minimum atomic E-state index is -0.616. The van der Waals surface area contributed by atoms with Crippen molar-refractivity contribution in [2.45, 2.75) is 51.0 Å². The minimum Gasteiger partial charge on any atom is -0.471 e. The maximum absolute atomic E-state index is 13.9. The lowest BCUT2D eigenvalue weighted by Crippen LogP contribution is -2.44. The number of rotatable bonds is 6. The predicted octanol–water partition coefficient (Wildman–Crippen LogP) is 6.49. The number of aryl methyl sites for hydroxylation is 1. The standard InChI is InChI=1S/C35H34ClN5O3/c1-24-16-30(36)31(38-20-24)22-44-32-19-28-26(21-39-32)17-25(18-29(28)34(43)40-12-6-3-7-13-40)33(42)41-14-10-35(23-37,11-15-41)27-8-4-2-5-9-27/h2,4-5,8-9,16-21H,3,6-7,10-15,22H2,1H3. The molecule has 4 aromatic rings. The lowest BCUT2D eigenvalue weighted by atomic mass is 9.74. The third-order valence-electron chi connectivity index (χ3n) is 8.79. The van der Waals surface area contributed by atoms with Crippen molar-refractivity contribution in [3.05, 3.63) is 100.0 Å². The number of carbonyl (C=O) groups excluding carboxylic acids is 2. The normalized spacial score (nSPS) is 16.4. The molecule has 2 fully saturated rings. The number of piperidine rings is 2. The fourth-order valence-electron chi connectivity index (χ4n) is 6.19. The fraction of sp³-hybridized carbons (Fsp3) is 0.343. The topological polar surface area (TPSA) is 99.4 Å². The Kier molecular flexibility index (Phi) is 8.49. The highest BCUT2D eigenvalue weighted by Gasteiger charge is 2.38. The van der Waals surface area contributed by atoms with Gasteiger partial charge in [0.15, 0.2) is 0 Å². The molecule has 8 nitrogen and oxygen atoms in total. The lowest BCUT2D eigenvalue weighted by molar-refractivity contribution is 0.0692. The van der Waals surface area contributed by atoms with E-state index in [0.29, 0.717) is 77.5 Å². The van der Waals surface area contributed by atoms with E-state index in [-0.39, 0.29) is 18.4 Å². The number of benzene rings is 2. The number of nitriles is 1. The minimum absolute atomic E-state index is 0.101. The summed E-state index contributed by atoms with van der Waals surface area (Å²) in [6, 6.07) is 19.4. The molecule has 0 aliphatic carbocycles. The molecule has 44 heavy (non-hydrogen) atoms. The highest BCUT2D eigenvalue weighted by atomic mass is 35.5. The van der Waals surface area contributed by atoms with Gasteiger partial charge in [-0.25, -0.2) is 4.98 Å². The molecule has 0 radical (unpaired) electrons. The maximum Gasteiger partial charge on any atom is 0.254 e. The molecule has 4 heterocycles. The van der Waals surface area contributed by atoms with Crippen LogP contribution in [0.25, 0.3) is 10.8 Å². The van der Waals surface area contributed by atoms with E-state index in [1.807, 2.05) is 48.2 Å². The van der Waals surface area contributed by atoms with Crippen molar-refractivity contribution in [2.24, 2.45) is 0 Å². The van der Waals surface area contributed by atoms with Crippen LogP contribution in [-0.2, 0) is 12.0 Å². The number of hydrogen-bond acceptors (Lipinski definition) is 6. The highest BCUT2D eigenvalue weighted by molar-refractivity contribution is 6.31. The first-order valence-electron chi connectivity index (χ1n) is 15.1. The van der Waals surface area contributed by atoms with Crippen LogP contribution in [0.15, 0.2) is 67.0 Å². The van der Waals surface area contributed by atoms with Gasteiger partial charge < -0.3 is 14.5 Å².